The first kappa shape index (κ1) is 20.0. The van der Waals surface area contributed by atoms with Gasteiger partial charge < -0.3 is 10.6 Å². The summed E-state index contributed by atoms with van der Waals surface area (Å²) in [6.45, 7) is 0. The van der Waals surface area contributed by atoms with Crippen molar-refractivity contribution in [3.63, 3.8) is 0 Å². The van der Waals surface area contributed by atoms with Gasteiger partial charge >= 0.3 is 0 Å². The van der Waals surface area contributed by atoms with Crippen LogP contribution in [0.25, 0.3) is 16.7 Å². The second-order valence-electron chi connectivity index (χ2n) is 8.06. The van der Waals surface area contributed by atoms with Crippen molar-refractivity contribution in [3.05, 3.63) is 90.3 Å². The topological polar surface area (TPSA) is 76.0 Å². The number of carbonyl (C=O) groups is 2. The van der Waals surface area contributed by atoms with E-state index in [9.17, 15) is 9.59 Å². The van der Waals surface area contributed by atoms with Gasteiger partial charge in [-0.15, -0.1) is 0 Å². The molecule has 0 spiro atoms. The SMILES string of the molecule is O=C(CCc1nc2ccccc2n1-c1ccccc1)Nc1ccc(C(=O)NC2CC2)cc1. The Kier molecular flexibility index (Phi) is 5.42. The van der Waals surface area contributed by atoms with Gasteiger partial charge in [-0.1, -0.05) is 30.3 Å². The van der Waals surface area contributed by atoms with Gasteiger partial charge in [0, 0.05) is 35.8 Å². The second-order valence-corrected chi connectivity index (χ2v) is 8.06. The Hall–Kier alpha value is -3.93. The monoisotopic (exact) mass is 424 g/mol. The summed E-state index contributed by atoms with van der Waals surface area (Å²) in [6, 6.07) is 25.4. The van der Waals surface area contributed by atoms with Crippen LogP contribution in [0.2, 0.25) is 0 Å². The Labute approximate surface area is 186 Å². The van der Waals surface area contributed by atoms with Gasteiger partial charge in [-0.05, 0) is 61.4 Å². The van der Waals surface area contributed by atoms with Crippen molar-refractivity contribution >= 4 is 28.5 Å². The number of anilines is 1. The minimum atomic E-state index is -0.0909. The molecule has 32 heavy (non-hydrogen) atoms. The first-order valence-electron chi connectivity index (χ1n) is 10.9. The predicted molar refractivity (Wildman–Crippen MR) is 125 cm³/mol. The summed E-state index contributed by atoms with van der Waals surface area (Å²) in [6.07, 6.45) is 2.92. The molecule has 1 saturated carbocycles. The number of nitrogens with zero attached hydrogens (tertiary/aromatic N) is 2. The van der Waals surface area contributed by atoms with Crippen LogP contribution in [0, 0.1) is 0 Å². The summed E-state index contributed by atoms with van der Waals surface area (Å²) in [5, 5.41) is 5.88. The van der Waals surface area contributed by atoms with Crippen LogP contribution in [0.4, 0.5) is 5.69 Å². The number of rotatable bonds is 7. The van der Waals surface area contributed by atoms with Crippen LogP contribution < -0.4 is 10.6 Å². The van der Waals surface area contributed by atoms with Gasteiger partial charge in [0.05, 0.1) is 11.0 Å². The van der Waals surface area contributed by atoms with E-state index < -0.39 is 0 Å². The fourth-order valence-electron chi connectivity index (χ4n) is 3.76. The van der Waals surface area contributed by atoms with Gasteiger partial charge in [0.15, 0.2) is 0 Å². The average molecular weight is 425 g/mol. The fourth-order valence-corrected chi connectivity index (χ4v) is 3.76. The smallest absolute Gasteiger partial charge is 0.251 e. The Morgan fingerprint density at radius 3 is 2.38 bits per heavy atom. The molecule has 4 aromatic rings. The van der Waals surface area contributed by atoms with Crippen molar-refractivity contribution in [3.8, 4) is 5.69 Å². The van der Waals surface area contributed by atoms with Crippen molar-refractivity contribution in [2.24, 2.45) is 0 Å². The third-order valence-electron chi connectivity index (χ3n) is 5.56. The second kappa shape index (κ2) is 8.67. The summed E-state index contributed by atoms with van der Waals surface area (Å²) < 4.78 is 2.11. The quantitative estimate of drug-likeness (QED) is 0.459. The third kappa shape index (κ3) is 4.39. The van der Waals surface area contributed by atoms with Gasteiger partial charge in [0.25, 0.3) is 5.91 Å². The summed E-state index contributed by atoms with van der Waals surface area (Å²) in [5.41, 5.74) is 4.23. The molecule has 0 saturated heterocycles. The van der Waals surface area contributed by atoms with Gasteiger partial charge in [0.2, 0.25) is 5.91 Å². The molecule has 0 atom stereocenters. The van der Waals surface area contributed by atoms with E-state index in [-0.39, 0.29) is 11.8 Å². The molecule has 0 aliphatic heterocycles. The lowest BCUT2D eigenvalue weighted by molar-refractivity contribution is -0.116. The maximum atomic E-state index is 12.6. The predicted octanol–water partition coefficient (Wildman–Crippen LogP) is 4.49. The third-order valence-corrected chi connectivity index (χ3v) is 5.56. The Bertz CT molecular complexity index is 1260. The van der Waals surface area contributed by atoms with E-state index >= 15 is 0 Å². The fraction of sp³-hybridized carbons (Fsp3) is 0.192. The van der Waals surface area contributed by atoms with Gasteiger partial charge in [0.1, 0.15) is 5.82 Å². The molecule has 1 aliphatic rings. The van der Waals surface area contributed by atoms with Crippen LogP contribution in [-0.4, -0.2) is 27.4 Å². The molecular weight excluding hydrogens is 400 g/mol. The molecule has 0 unspecified atom stereocenters. The molecule has 3 aromatic carbocycles. The molecule has 0 bridgehead atoms. The highest BCUT2D eigenvalue weighted by Crippen LogP contribution is 2.23. The highest BCUT2D eigenvalue weighted by atomic mass is 16.2. The maximum absolute atomic E-state index is 12.6. The molecule has 2 amide bonds. The van der Waals surface area contributed by atoms with Gasteiger partial charge in [-0.2, -0.15) is 0 Å². The zero-order valence-electron chi connectivity index (χ0n) is 17.6. The van der Waals surface area contributed by atoms with Crippen LogP contribution in [0.15, 0.2) is 78.9 Å². The molecule has 6 heteroatoms. The van der Waals surface area contributed by atoms with Crippen molar-refractivity contribution in [2.75, 3.05) is 5.32 Å². The molecule has 1 aliphatic carbocycles. The van der Waals surface area contributed by atoms with Gasteiger partial charge in [-0.25, -0.2) is 4.98 Å². The first-order chi connectivity index (χ1) is 15.7. The first-order valence-corrected chi connectivity index (χ1v) is 10.9. The lowest BCUT2D eigenvalue weighted by atomic mass is 10.2. The molecule has 0 radical (unpaired) electrons. The van der Waals surface area contributed by atoms with E-state index in [1.54, 1.807) is 24.3 Å². The summed E-state index contributed by atoms with van der Waals surface area (Å²) >= 11 is 0. The molecule has 2 N–H and O–H groups in total. The number of fused-ring (bicyclic) bond motifs is 1. The number of benzene rings is 3. The van der Waals surface area contributed by atoms with E-state index in [1.165, 1.54) is 0 Å². The highest BCUT2D eigenvalue weighted by Gasteiger charge is 2.23. The number of hydrogen-bond donors (Lipinski definition) is 2. The van der Waals surface area contributed by atoms with Crippen molar-refractivity contribution in [1.29, 1.82) is 0 Å². The number of aryl methyl sites for hydroxylation is 1. The number of imidazole rings is 1. The number of amides is 2. The lowest BCUT2D eigenvalue weighted by Crippen LogP contribution is -2.25. The van der Waals surface area contributed by atoms with Crippen molar-refractivity contribution in [2.45, 2.75) is 31.7 Å². The molecular formula is C26H24N4O2. The van der Waals surface area contributed by atoms with Crippen LogP contribution in [0.5, 0.6) is 0 Å². The van der Waals surface area contributed by atoms with Crippen molar-refractivity contribution < 1.29 is 9.59 Å². The van der Waals surface area contributed by atoms with E-state index in [1.807, 2.05) is 54.6 Å². The zero-order valence-corrected chi connectivity index (χ0v) is 17.6. The number of aromatic nitrogens is 2. The van der Waals surface area contributed by atoms with Crippen LogP contribution in [0.1, 0.15) is 35.4 Å². The Morgan fingerprint density at radius 2 is 1.62 bits per heavy atom. The molecule has 1 fully saturated rings. The average Bonchev–Trinajstić information content (AvgIpc) is 3.55. The molecule has 1 heterocycles. The zero-order chi connectivity index (χ0) is 21.9. The van der Waals surface area contributed by atoms with Crippen LogP contribution in [0.3, 0.4) is 0 Å². The number of hydrogen-bond acceptors (Lipinski definition) is 3. The Morgan fingerprint density at radius 1 is 0.906 bits per heavy atom. The van der Waals surface area contributed by atoms with E-state index in [0.717, 1.165) is 35.4 Å². The summed E-state index contributed by atoms with van der Waals surface area (Å²) in [7, 11) is 0. The van der Waals surface area contributed by atoms with Gasteiger partial charge in [-0.3, -0.25) is 14.2 Å². The van der Waals surface area contributed by atoms with E-state index in [4.69, 9.17) is 4.98 Å². The van der Waals surface area contributed by atoms with E-state index in [0.29, 0.717) is 30.1 Å². The van der Waals surface area contributed by atoms with Crippen molar-refractivity contribution in [1.82, 2.24) is 14.9 Å². The number of carbonyl (C=O) groups excluding carboxylic acids is 2. The standard InChI is InChI=1S/C26H24N4O2/c31-25(27-19-12-10-18(11-13-19)26(32)28-20-14-15-20)17-16-24-29-22-8-4-5-9-23(22)30(24)21-6-2-1-3-7-21/h1-13,20H,14-17H2,(H,27,31)(H,28,32). The van der Waals surface area contributed by atoms with Crippen LogP contribution >= 0.6 is 0 Å². The number of para-hydroxylation sites is 3. The maximum Gasteiger partial charge on any atom is 0.251 e. The molecule has 1 aromatic heterocycles. The molecule has 5 rings (SSSR count). The molecule has 160 valence electrons. The highest BCUT2D eigenvalue weighted by molar-refractivity contribution is 5.96. The van der Waals surface area contributed by atoms with Crippen LogP contribution in [-0.2, 0) is 11.2 Å². The minimum Gasteiger partial charge on any atom is -0.349 e. The summed E-state index contributed by atoms with van der Waals surface area (Å²) in [4.78, 5) is 29.5. The summed E-state index contributed by atoms with van der Waals surface area (Å²) in [5.74, 6) is 0.691. The molecule has 6 nitrogen and oxygen atoms in total. The normalized spacial score (nSPS) is 13.1. The lowest BCUT2D eigenvalue weighted by Gasteiger charge is -2.10. The minimum absolute atomic E-state index is 0.0646. The Balaban J connectivity index is 1.27. The van der Waals surface area contributed by atoms with E-state index in [2.05, 4.69) is 15.2 Å². The number of nitrogens with one attached hydrogen (secondary N) is 2. The largest absolute Gasteiger partial charge is 0.349 e.